The Morgan fingerprint density at radius 3 is 2.64 bits per heavy atom. The van der Waals surface area contributed by atoms with Crippen molar-refractivity contribution < 1.29 is 63.6 Å². The third-order valence-corrected chi connectivity index (χ3v) is 9.82. The van der Waals surface area contributed by atoms with Crippen LogP contribution in [0, 0.1) is 0 Å². The fourth-order valence-corrected chi connectivity index (χ4v) is 7.36. The van der Waals surface area contributed by atoms with Crippen LogP contribution >= 0.6 is 0 Å². The molecule has 17 nitrogen and oxygen atoms in total. The molecule has 0 saturated carbocycles. The molecule has 0 radical (unpaired) electrons. The van der Waals surface area contributed by atoms with Crippen LogP contribution in [0.3, 0.4) is 0 Å². The summed E-state index contributed by atoms with van der Waals surface area (Å²) in [7, 11) is 1.32. The number of methoxy groups -OCH3 is 1. The third kappa shape index (κ3) is 6.21. The lowest BCUT2D eigenvalue weighted by molar-refractivity contribution is -0.267. The molecule has 2 fully saturated rings. The number of aliphatic hydroxyl groups excluding tert-OH is 2. The molecule has 2 aromatic carbocycles. The Hall–Kier alpha value is -4.16. The number of carbonyl (C=O) groups excluding carboxylic acids is 3. The lowest BCUT2D eigenvalue weighted by atomic mass is 9.72. The molecule has 2 aliphatic carbocycles. The van der Waals surface area contributed by atoms with Crippen molar-refractivity contribution in [1.82, 2.24) is 4.90 Å². The SMILES string of the molecule is COc1cccc2c1C(=O)c1c(O)c3c(c(O)c1C2=O)C[C@@](O)(C(=O)CO)C[C@@H]3O[C@H]1C[C@H](N2CCO[C@H](OCCN=[N+]=[N-])C2)[C@H](O)[C@H](C)O1. The highest BCUT2D eigenvalue weighted by Gasteiger charge is 2.50. The van der Waals surface area contributed by atoms with Gasteiger partial charge in [-0.1, -0.05) is 17.2 Å². The van der Waals surface area contributed by atoms with Crippen LogP contribution in [-0.2, 0) is 30.2 Å². The van der Waals surface area contributed by atoms with Crippen LogP contribution in [-0.4, -0.2) is 131 Å². The van der Waals surface area contributed by atoms with Crippen molar-refractivity contribution in [1.29, 1.82) is 0 Å². The van der Waals surface area contributed by atoms with E-state index in [1.807, 2.05) is 4.90 Å². The predicted molar refractivity (Wildman–Crippen MR) is 169 cm³/mol. The number of aromatic hydroxyl groups is 2. The van der Waals surface area contributed by atoms with Gasteiger partial charge in [-0.25, -0.2) is 0 Å². The molecule has 4 aliphatic rings. The number of fused-ring (bicyclic) bond motifs is 3. The minimum absolute atomic E-state index is 0.0643. The van der Waals surface area contributed by atoms with E-state index >= 15 is 0 Å². The summed E-state index contributed by atoms with van der Waals surface area (Å²) in [5.41, 5.74) is 4.72. The molecule has 2 aromatic rings. The van der Waals surface area contributed by atoms with Crippen LogP contribution in [0.4, 0.5) is 0 Å². The second kappa shape index (κ2) is 14.2. The summed E-state index contributed by atoms with van der Waals surface area (Å²) in [6.45, 7) is 1.80. The smallest absolute Gasteiger partial charge is 0.202 e. The molecule has 0 amide bonds. The number of morpholine rings is 1. The summed E-state index contributed by atoms with van der Waals surface area (Å²) in [5.74, 6) is -3.88. The van der Waals surface area contributed by atoms with Gasteiger partial charge in [0.25, 0.3) is 0 Å². The zero-order chi connectivity index (χ0) is 35.9. The molecule has 50 heavy (non-hydrogen) atoms. The predicted octanol–water partition coefficient (Wildman–Crippen LogP) is 1.03. The number of phenols is 2. The molecule has 2 aliphatic heterocycles. The number of rotatable bonds is 10. The van der Waals surface area contributed by atoms with Crippen LogP contribution in [0.25, 0.3) is 10.4 Å². The van der Waals surface area contributed by atoms with Gasteiger partial charge in [-0.2, -0.15) is 0 Å². The summed E-state index contributed by atoms with van der Waals surface area (Å²) in [6, 6.07) is 3.81. The van der Waals surface area contributed by atoms with Gasteiger partial charge in [0.1, 0.15) is 29.5 Å². The van der Waals surface area contributed by atoms with E-state index in [2.05, 4.69) is 10.0 Å². The van der Waals surface area contributed by atoms with Crippen LogP contribution in [0.5, 0.6) is 17.2 Å². The van der Waals surface area contributed by atoms with Crippen molar-refractivity contribution in [3.63, 3.8) is 0 Å². The molecule has 7 atom stereocenters. The topological polar surface area (TPSA) is 251 Å². The highest BCUT2D eigenvalue weighted by molar-refractivity contribution is 6.31. The van der Waals surface area contributed by atoms with Gasteiger partial charge in [-0.15, -0.1) is 0 Å². The van der Waals surface area contributed by atoms with Crippen LogP contribution in [0.2, 0.25) is 0 Å². The fourth-order valence-electron chi connectivity index (χ4n) is 7.36. The number of phenolic OH excluding ortho intramolecular Hbond substituents is 2. The zero-order valence-electron chi connectivity index (χ0n) is 27.4. The molecule has 6 rings (SSSR count). The van der Waals surface area contributed by atoms with E-state index in [4.69, 9.17) is 29.2 Å². The molecule has 268 valence electrons. The average Bonchev–Trinajstić information content (AvgIpc) is 3.11. The Morgan fingerprint density at radius 1 is 1.16 bits per heavy atom. The van der Waals surface area contributed by atoms with E-state index in [-0.39, 0.29) is 60.7 Å². The van der Waals surface area contributed by atoms with Gasteiger partial charge in [0.2, 0.25) is 5.78 Å². The minimum Gasteiger partial charge on any atom is -0.507 e. The summed E-state index contributed by atoms with van der Waals surface area (Å²) in [6.07, 6.45) is -5.96. The monoisotopic (exact) mass is 698 g/mol. The van der Waals surface area contributed by atoms with Crippen molar-refractivity contribution in [2.24, 2.45) is 5.11 Å². The van der Waals surface area contributed by atoms with Crippen molar-refractivity contribution in [2.45, 2.75) is 68.7 Å². The average molecular weight is 699 g/mol. The standard InChI is InChI=1S/C33H38N4O13/c1-15-28(40)18(37-7-9-48-23(13-37)47-8-6-35-36-34)10-22(49-15)50-20-12-33(45,21(39)14-38)11-17-25(20)32(44)27-26(30(17)42)29(41)16-4-3-5-19(46-2)24(16)31(27)43/h3-5,15,18,20,22-23,28,38,40,42,44-45H,6-14H2,1-2H3/t15-,18-,20-,22-,23-,28+,33-/m0/s1. The molecule has 2 heterocycles. The molecule has 0 aromatic heterocycles. The van der Waals surface area contributed by atoms with E-state index in [1.54, 1.807) is 6.92 Å². The molecule has 0 unspecified atom stereocenters. The van der Waals surface area contributed by atoms with E-state index in [0.717, 1.165) is 0 Å². The quantitative estimate of drug-likeness (QED) is 0.0652. The summed E-state index contributed by atoms with van der Waals surface area (Å²) in [4.78, 5) is 45.2. The fraction of sp³-hybridized carbons (Fsp3) is 0.545. The van der Waals surface area contributed by atoms with Gasteiger partial charge in [0.15, 0.2) is 24.1 Å². The minimum atomic E-state index is -2.29. The molecule has 5 N–H and O–H groups in total. The maximum Gasteiger partial charge on any atom is 0.202 e. The van der Waals surface area contributed by atoms with Gasteiger partial charge >= 0.3 is 0 Å². The van der Waals surface area contributed by atoms with E-state index in [0.29, 0.717) is 6.54 Å². The number of benzene rings is 2. The number of hydrogen-bond acceptors (Lipinski definition) is 15. The Labute approximate surface area is 285 Å². The Balaban J connectivity index is 1.35. The largest absolute Gasteiger partial charge is 0.507 e. The number of carbonyl (C=O) groups is 3. The first-order chi connectivity index (χ1) is 23.9. The molecule has 17 heteroatoms. The number of aliphatic hydroxyl groups is 3. The van der Waals surface area contributed by atoms with Gasteiger partial charge in [-0.3, -0.25) is 19.3 Å². The maximum atomic E-state index is 13.9. The number of Topliss-reactive ketones (excluding diaryl/α,β-unsaturated/α-hetero) is 1. The Kier molecular flexibility index (Phi) is 10.1. The Bertz CT molecular complexity index is 1750. The van der Waals surface area contributed by atoms with Crippen molar-refractivity contribution >= 4 is 17.3 Å². The van der Waals surface area contributed by atoms with Crippen LogP contribution in [0.15, 0.2) is 23.3 Å². The number of hydrogen-bond donors (Lipinski definition) is 5. The van der Waals surface area contributed by atoms with Gasteiger partial charge in [0.05, 0.1) is 55.3 Å². The highest BCUT2D eigenvalue weighted by Crippen LogP contribution is 2.52. The van der Waals surface area contributed by atoms with Crippen molar-refractivity contribution in [3.8, 4) is 17.2 Å². The van der Waals surface area contributed by atoms with Gasteiger partial charge in [0, 0.05) is 66.5 Å². The molecule has 0 spiro atoms. The first-order valence-electron chi connectivity index (χ1n) is 16.1. The molecular weight excluding hydrogens is 660 g/mol. The maximum absolute atomic E-state index is 13.9. The van der Waals surface area contributed by atoms with Crippen LogP contribution < -0.4 is 4.74 Å². The first-order valence-corrected chi connectivity index (χ1v) is 16.1. The van der Waals surface area contributed by atoms with Crippen molar-refractivity contribution in [2.75, 3.05) is 46.6 Å². The number of nitrogens with zero attached hydrogens (tertiary/aromatic N) is 4. The van der Waals surface area contributed by atoms with Gasteiger partial charge in [-0.05, 0) is 18.5 Å². The molecule has 2 saturated heterocycles. The first kappa shape index (κ1) is 35.7. The van der Waals surface area contributed by atoms with E-state index in [9.17, 15) is 39.9 Å². The number of ether oxygens (including phenoxy) is 5. The second-order valence-corrected chi connectivity index (χ2v) is 12.7. The molecule has 0 bridgehead atoms. The zero-order valence-corrected chi connectivity index (χ0v) is 27.4. The van der Waals surface area contributed by atoms with Crippen LogP contribution in [0.1, 0.15) is 68.8 Å². The number of azide groups is 1. The summed E-state index contributed by atoms with van der Waals surface area (Å²) >= 11 is 0. The lowest BCUT2D eigenvalue weighted by Crippen LogP contribution is -2.59. The number of ketones is 3. The second-order valence-electron chi connectivity index (χ2n) is 12.7. The highest BCUT2D eigenvalue weighted by atomic mass is 16.7. The lowest BCUT2D eigenvalue weighted by Gasteiger charge is -2.47. The summed E-state index contributed by atoms with van der Waals surface area (Å²) in [5, 5.41) is 59.2. The normalized spacial score (nSPS) is 29.4. The molecular formula is C33H38N4O13. The van der Waals surface area contributed by atoms with Crippen molar-refractivity contribution in [3.05, 3.63) is 62.0 Å². The Morgan fingerprint density at radius 2 is 1.92 bits per heavy atom. The third-order valence-electron chi connectivity index (χ3n) is 9.82. The van der Waals surface area contributed by atoms with E-state index in [1.165, 1.54) is 25.3 Å². The van der Waals surface area contributed by atoms with E-state index < -0.39 is 102 Å². The van der Waals surface area contributed by atoms with Gasteiger partial charge < -0.3 is 49.2 Å². The summed E-state index contributed by atoms with van der Waals surface area (Å²) < 4.78 is 29.0.